The van der Waals surface area contributed by atoms with Crippen molar-refractivity contribution >= 4 is 53.4 Å². The molecule has 2 aromatic carbocycles. The summed E-state index contributed by atoms with van der Waals surface area (Å²) in [6.07, 6.45) is 0.416. The van der Waals surface area contributed by atoms with Gasteiger partial charge in [0.15, 0.2) is 6.04 Å². The fraction of sp³-hybridized carbons (Fsp3) is 0.475. The molecule has 0 bridgehead atoms. The van der Waals surface area contributed by atoms with E-state index in [4.69, 9.17) is 52.9 Å². The van der Waals surface area contributed by atoms with E-state index in [2.05, 4.69) is 10.2 Å². The Balaban J connectivity index is -0.000000376. The molecule has 2 fully saturated rings. The topological polar surface area (TPSA) is 378 Å². The number of imide groups is 2. The molecule has 2 aliphatic heterocycles. The monoisotopic (exact) mass is 1480 g/mol. The number of hydrogen-bond acceptors (Lipinski definition) is 14. The molecule has 4 rings (SSSR count). The van der Waals surface area contributed by atoms with E-state index in [-0.39, 0.29) is 114 Å². The number of nitrogens with one attached hydrogen (secondary N) is 4. The minimum absolute atomic E-state index is 0. The van der Waals surface area contributed by atoms with Gasteiger partial charge in [-0.25, -0.2) is 4.79 Å². The zero-order chi connectivity index (χ0) is 48.7. The summed E-state index contributed by atoms with van der Waals surface area (Å²) in [6, 6.07) is 16.7. The van der Waals surface area contributed by atoms with Crippen LogP contribution in [-0.2, 0) is 134 Å². The summed E-state index contributed by atoms with van der Waals surface area (Å²) < 4.78 is 10.4. The predicted molar refractivity (Wildman–Crippen MR) is 220 cm³/mol. The Kier molecular flexibility index (Phi) is 34.6. The fourth-order valence-corrected chi connectivity index (χ4v) is 3.75. The first-order chi connectivity index (χ1) is 29.0. The molecule has 0 radical (unpaired) electrons. The molecule has 66 heavy (non-hydrogen) atoms. The molecule has 23 nitrogen and oxygen atoms in total. The maximum absolute atomic E-state index is 11.6. The molecular weight excluding hydrogens is 1420 g/mol. The Morgan fingerprint density at radius 3 is 1.29 bits per heavy atom. The van der Waals surface area contributed by atoms with Crippen LogP contribution in [0.2, 0.25) is 0 Å². The number of aliphatic carboxylic acids is 3. The third kappa shape index (κ3) is 29.5. The zero-order valence-corrected chi connectivity index (χ0v) is 43.5. The van der Waals surface area contributed by atoms with E-state index in [1.54, 1.807) is 0 Å². The van der Waals surface area contributed by atoms with E-state index in [0.29, 0.717) is 11.7 Å². The second kappa shape index (κ2) is 33.3. The summed E-state index contributed by atoms with van der Waals surface area (Å²) in [5.41, 5.74) is 24.6. The van der Waals surface area contributed by atoms with Gasteiger partial charge in [-0.3, -0.25) is 43.6 Å². The summed E-state index contributed by atoms with van der Waals surface area (Å²) in [5.74, 6) is -6.96. The smallest absolute Gasteiger partial charge is 0.328 e. The van der Waals surface area contributed by atoms with Gasteiger partial charge in [0.05, 0.1) is 26.4 Å². The van der Waals surface area contributed by atoms with Gasteiger partial charge in [-0.15, -0.1) is 5.06 Å². The molecule has 380 valence electrons. The van der Waals surface area contributed by atoms with Crippen LogP contribution in [0.3, 0.4) is 0 Å². The van der Waals surface area contributed by atoms with E-state index < -0.39 is 82.1 Å². The number of rotatable bonds is 15. The molecule has 0 aromatic heterocycles. The van der Waals surface area contributed by atoms with Crippen molar-refractivity contribution in [3.63, 3.8) is 0 Å². The normalized spacial score (nSPS) is 13.9. The summed E-state index contributed by atoms with van der Waals surface area (Å²) in [6.45, 7) is 8.63. The predicted octanol–water partition coefficient (Wildman–Crippen LogP) is 3.06. The SMILES string of the molecule is CC(C)([NH-])C(=O)N[C@H](COCc1ccccc1)C(=O)O.CC(C)([NH-])C(=O)O.CC(C)([NH-])C(=O)ON1C(=O)CCC1=O.N[C@H](COCc1ccccc1)C(=O)O.O=C1CCC(=O)N1O.[Pt].[Pt].[Pt]. The summed E-state index contributed by atoms with van der Waals surface area (Å²) in [7, 11) is 0. The quantitative estimate of drug-likeness (QED) is 0.110. The molecule has 5 amide bonds. The van der Waals surface area contributed by atoms with Gasteiger partial charge in [-0.05, 0) is 22.2 Å². The number of carbonyl (C=O) groups is 9. The third-order valence-electron chi connectivity index (χ3n) is 7.54. The first kappa shape index (κ1) is 68.4. The molecule has 10 N–H and O–H groups in total. The number of nitrogens with two attached hydrogens (primary N) is 1. The first-order valence-electron chi connectivity index (χ1n) is 18.9. The van der Waals surface area contributed by atoms with Crippen molar-refractivity contribution in [3.8, 4) is 0 Å². The van der Waals surface area contributed by atoms with Crippen molar-refractivity contribution in [2.24, 2.45) is 5.73 Å². The standard InChI is InChI=1S/C14H19N2O4.C10H13NO3.C8H11N2O4.C4H5NO3.C4H8NO2.3Pt/c1-14(2,15)13(19)16-11(12(17)18)9-20-8-10-6-4-3-5-7-10;11-9(10(12)13)7-14-6-8-4-2-1-3-5-8;1-8(2,9)7(13)14-10-5(11)3-4-6(10)12;6-3-1-2-4(7)5(3)8;1-4(2,5)3(6)7;;;/h3-7,11,15H,8-9H2,1-2H3,(H,16,19)(H,17,18);1-5,9H,6-7,11H2,(H,12,13);9H,3-4H2,1-2H3;8H,1-2H2;5H,1-2H3,(H,6,7);;;/q-1;;-1;;-1;;;/t11-;9-;;;;;;/m11....../s1. The van der Waals surface area contributed by atoms with E-state index >= 15 is 0 Å². The molecule has 26 heteroatoms. The molecule has 2 aromatic rings. The third-order valence-corrected chi connectivity index (χ3v) is 7.54. The van der Waals surface area contributed by atoms with Crippen LogP contribution in [0.1, 0.15) is 78.4 Å². The number of hydroxylamine groups is 4. The molecule has 2 aliphatic rings. The van der Waals surface area contributed by atoms with Crippen molar-refractivity contribution in [3.05, 3.63) is 89.0 Å². The summed E-state index contributed by atoms with van der Waals surface area (Å²) >= 11 is 0. The van der Waals surface area contributed by atoms with E-state index in [1.165, 1.54) is 41.5 Å². The van der Waals surface area contributed by atoms with Gasteiger partial charge in [-0.2, -0.15) is 5.06 Å². The van der Waals surface area contributed by atoms with Crippen molar-refractivity contribution < 1.29 is 141 Å². The molecule has 0 saturated carbocycles. The van der Waals surface area contributed by atoms with Crippen LogP contribution in [0.5, 0.6) is 0 Å². The van der Waals surface area contributed by atoms with Gasteiger partial charge in [0.2, 0.25) is 5.91 Å². The number of hydrogen-bond donors (Lipinski definition) is 6. The summed E-state index contributed by atoms with van der Waals surface area (Å²) in [5, 5.41) is 36.9. The van der Waals surface area contributed by atoms with Gasteiger partial charge in [0.25, 0.3) is 29.6 Å². The van der Waals surface area contributed by atoms with Gasteiger partial charge in [0, 0.05) is 88.9 Å². The number of ether oxygens (including phenoxy) is 2. The average Bonchev–Trinajstić information content (AvgIpc) is 3.67. The van der Waals surface area contributed by atoms with Crippen LogP contribution in [0.25, 0.3) is 17.2 Å². The van der Waals surface area contributed by atoms with Crippen molar-refractivity contribution in [1.82, 2.24) is 15.4 Å². The number of amides is 5. The number of carboxylic acids is 3. The maximum atomic E-state index is 11.6. The van der Waals surface area contributed by atoms with Crippen LogP contribution < -0.4 is 11.1 Å². The molecule has 0 aliphatic carbocycles. The number of carbonyl (C=O) groups excluding carboxylic acids is 6. The van der Waals surface area contributed by atoms with E-state index in [0.717, 1.165) is 11.1 Å². The Labute approximate surface area is 424 Å². The Hall–Kier alpha value is -4.15. The largest absolute Gasteiger partial charge is 0.664 e. The Morgan fingerprint density at radius 1 is 0.636 bits per heavy atom. The van der Waals surface area contributed by atoms with Gasteiger partial charge < -0.3 is 57.9 Å². The van der Waals surface area contributed by atoms with Gasteiger partial charge in [-0.1, -0.05) is 108 Å². The van der Waals surface area contributed by atoms with Crippen LogP contribution in [0.4, 0.5) is 0 Å². The van der Waals surface area contributed by atoms with Crippen LogP contribution in [0.15, 0.2) is 60.7 Å². The minimum atomic E-state index is -1.47. The minimum Gasteiger partial charge on any atom is -0.664 e. The summed E-state index contributed by atoms with van der Waals surface area (Å²) in [4.78, 5) is 101. The van der Waals surface area contributed by atoms with Crippen molar-refractivity contribution in [2.75, 3.05) is 13.2 Å². The molecule has 0 unspecified atom stereocenters. The molecule has 2 saturated heterocycles. The van der Waals surface area contributed by atoms with Crippen LogP contribution in [-0.4, -0.2) is 126 Å². The van der Waals surface area contributed by atoms with Crippen molar-refractivity contribution in [1.29, 1.82) is 0 Å². The molecular formula is C40H56N7O16Pt3-3. The van der Waals surface area contributed by atoms with Crippen LogP contribution >= 0.6 is 0 Å². The van der Waals surface area contributed by atoms with E-state index in [1.807, 2.05) is 60.7 Å². The van der Waals surface area contributed by atoms with E-state index in [9.17, 15) is 43.2 Å². The Bertz CT molecular complexity index is 1830. The van der Waals surface area contributed by atoms with Gasteiger partial charge in [0.1, 0.15) is 6.04 Å². The Morgan fingerprint density at radius 2 is 1.00 bits per heavy atom. The second-order valence-electron chi connectivity index (χ2n) is 15.1. The zero-order valence-electron chi connectivity index (χ0n) is 36.7. The fourth-order valence-electron chi connectivity index (χ4n) is 3.75. The molecule has 0 spiro atoms. The number of carboxylic acid groups (broad SMARTS) is 3. The van der Waals surface area contributed by atoms with Crippen molar-refractivity contribution in [2.45, 2.75) is 109 Å². The second-order valence-corrected chi connectivity index (χ2v) is 15.1. The maximum Gasteiger partial charge on any atom is 0.328 e. The number of benzene rings is 2. The average molecular weight is 1480 g/mol. The van der Waals surface area contributed by atoms with Gasteiger partial charge >= 0.3 is 17.9 Å². The molecule has 2 heterocycles. The van der Waals surface area contributed by atoms with Crippen LogP contribution in [0, 0.1) is 0 Å². The molecule has 2 atom stereocenters. The first-order valence-corrected chi connectivity index (χ1v) is 18.9. The number of nitrogens with zero attached hydrogens (tertiary/aromatic N) is 2.